The number of benzene rings is 1. The molecular formula is C28H35ClN6O4. The lowest BCUT2D eigenvalue weighted by Crippen LogP contribution is -2.53. The third-order valence-corrected chi connectivity index (χ3v) is 8.56. The van der Waals surface area contributed by atoms with Crippen LogP contribution >= 0.6 is 11.6 Å². The Morgan fingerprint density at radius 1 is 1.23 bits per heavy atom. The van der Waals surface area contributed by atoms with E-state index in [2.05, 4.69) is 15.3 Å². The van der Waals surface area contributed by atoms with Gasteiger partial charge in [-0.05, 0) is 49.1 Å². The molecule has 1 unspecified atom stereocenters. The van der Waals surface area contributed by atoms with E-state index in [0.717, 1.165) is 31.2 Å². The summed E-state index contributed by atoms with van der Waals surface area (Å²) in [4.78, 5) is 50.7. The molecule has 208 valence electrons. The van der Waals surface area contributed by atoms with Crippen LogP contribution in [-0.4, -0.2) is 75.9 Å². The second-order valence-corrected chi connectivity index (χ2v) is 11.2. The minimum Gasteiger partial charge on any atom is -0.381 e. The molecule has 0 spiro atoms. The average molecular weight is 555 g/mol. The number of aromatic nitrogens is 2. The Morgan fingerprint density at radius 2 is 2.00 bits per heavy atom. The first-order chi connectivity index (χ1) is 18.7. The third kappa shape index (κ3) is 5.72. The summed E-state index contributed by atoms with van der Waals surface area (Å²) in [5.41, 5.74) is 8.44. The standard InChI is InChI=1S/C28H35ClN6O4/c1-16(19-4-3-9-34(14-19)17(2)36)25(26(30)37)35-15-20-6-5-18(12-22(20)27(35)38)24-23(29)13-31-28(33-24)32-21-7-10-39-11-8-21/h5-6,12-13,16,19,21,25H,3-4,7-11,14-15H2,1-2H3,(H2,30,37)(H,31,32,33)/t16-,19+,25?/m1/s1. The van der Waals surface area contributed by atoms with Crippen molar-refractivity contribution in [3.05, 3.63) is 40.5 Å². The van der Waals surface area contributed by atoms with Crippen LogP contribution < -0.4 is 11.1 Å². The Balaban J connectivity index is 1.37. The van der Waals surface area contributed by atoms with Crippen LogP contribution in [0, 0.1) is 11.8 Å². The van der Waals surface area contributed by atoms with Gasteiger partial charge in [-0.3, -0.25) is 14.4 Å². The number of ether oxygens (including phenoxy) is 1. The van der Waals surface area contributed by atoms with Crippen molar-refractivity contribution in [2.75, 3.05) is 31.6 Å². The fourth-order valence-corrected chi connectivity index (χ4v) is 6.24. The lowest BCUT2D eigenvalue weighted by Gasteiger charge is -2.40. The number of carbonyl (C=O) groups is 3. The number of halogens is 1. The second-order valence-electron chi connectivity index (χ2n) is 10.8. The molecule has 2 aromatic rings. The SMILES string of the molecule is CC(=O)N1CCC[C@H]([C@@H](C)C(C(N)=O)N2Cc3ccc(-c4nc(NC5CCOCC5)ncc4Cl)cc3C2=O)C1. The molecule has 11 heteroatoms. The van der Waals surface area contributed by atoms with Gasteiger partial charge in [0.15, 0.2) is 0 Å². The number of nitrogens with two attached hydrogens (primary N) is 1. The van der Waals surface area contributed by atoms with Crippen LogP contribution in [0.1, 0.15) is 55.5 Å². The summed E-state index contributed by atoms with van der Waals surface area (Å²) in [5, 5.41) is 3.74. The van der Waals surface area contributed by atoms with Crippen molar-refractivity contribution in [2.45, 2.75) is 58.2 Å². The Morgan fingerprint density at radius 3 is 2.72 bits per heavy atom. The zero-order valence-corrected chi connectivity index (χ0v) is 23.1. The number of piperidine rings is 1. The Labute approximate surface area is 233 Å². The molecule has 2 fully saturated rings. The molecule has 0 saturated carbocycles. The number of hydrogen-bond acceptors (Lipinski definition) is 7. The summed E-state index contributed by atoms with van der Waals surface area (Å²) in [5.74, 6) is -0.399. The predicted molar refractivity (Wildman–Crippen MR) is 147 cm³/mol. The van der Waals surface area contributed by atoms with Crippen molar-refractivity contribution in [1.82, 2.24) is 19.8 Å². The van der Waals surface area contributed by atoms with Gasteiger partial charge in [0.25, 0.3) is 5.91 Å². The number of carbonyl (C=O) groups excluding carboxylic acids is 3. The van der Waals surface area contributed by atoms with Crippen molar-refractivity contribution in [1.29, 1.82) is 0 Å². The van der Waals surface area contributed by atoms with Gasteiger partial charge in [-0.1, -0.05) is 30.7 Å². The topological polar surface area (TPSA) is 131 Å². The van der Waals surface area contributed by atoms with E-state index < -0.39 is 11.9 Å². The predicted octanol–water partition coefficient (Wildman–Crippen LogP) is 3.09. The average Bonchev–Trinajstić information content (AvgIpc) is 3.25. The highest BCUT2D eigenvalue weighted by Crippen LogP contribution is 2.35. The number of hydrogen-bond donors (Lipinski definition) is 2. The molecule has 39 heavy (non-hydrogen) atoms. The smallest absolute Gasteiger partial charge is 0.255 e. The molecular weight excluding hydrogens is 520 g/mol. The van der Waals surface area contributed by atoms with E-state index in [4.69, 9.17) is 22.1 Å². The molecule has 1 aromatic heterocycles. The first kappa shape index (κ1) is 27.3. The summed E-state index contributed by atoms with van der Waals surface area (Å²) in [6.07, 6.45) is 5.05. The molecule has 3 aliphatic rings. The fraction of sp³-hybridized carbons (Fsp3) is 0.536. The van der Waals surface area contributed by atoms with Crippen LogP contribution in [0.3, 0.4) is 0 Å². The number of nitrogens with zero attached hydrogens (tertiary/aromatic N) is 4. The highest BCUT2D eigenvalue weighted by molar-refractivity contribution is 6.33. The van der Waals surface area contributed by atoms with E-state index in [1.165, 1.54) is 0 Å². The molecule has 5 rings (SSSR count). The summed E-state index contributed by atoms with van der Waals surface area (Å²) in [7, 11) is 0. The Bertz CT molecular complexity index is 1270. The monoisotopic (exact) mass is 554 g/mol. The maximum Gasteiger partial charge on any atom is 0.255 e. The van der Waals surface area contributed by atoms with Gasteiger partial charge in [0.05, 0.1) is 16.9 Å². The van der Waals surface area contributed by atoms with E-state index in [0.29, 0.717) is 60.6 Å². The molecule has 10 nitrogen and oxygen atoms in total. The highest BCUT2D eigenvalue weighted by Gasteiger charge is 2.42. The molecule has 2 saturated heterocycles. The van der Waals surface area contributed by atoms with Gasteiger partial charge in [0, 0.05) is 56.9 Å². The zero-order valence-electron chi connectivity index (χ0n) is 22.4. The van der Waals surface area contributed by atoms with Crippen LogP contribution in [0.25, 0.3) is 11.3 Å². The van der Waals surface area contributed by atoms with Crippen molar-refractivity contribution < 1.29 is 19.1 Å². The fourth-order valence-electron chi connectivity index (χ4n) is 6.04. The van der Waals surface area contributed by atoms with Crippen molar-refractivity contribution in [3.8, 4) is 11.3 Å². The van der Waals surface area contributed by atoms with E-state index in [9.17, 15) is 14.4 Å². The van der Waals surface area contributed by atoms with E-state index in [1.54, 1.807) is 24.1 Å². The normalized spacial score (nSPS) is 21.4. The molecule has 3 amide bonds. The van der Waals surface area contributed by atoms with Crippen LogP contribution in [0.15, 0.2) is 24.4 Å². The minimum absolute atomic E-state index is 0.0224. The third-order valence-electron chi connectivity index (χ3n) is 8.29. The lowest BCUT2D eigenvalue weighted by molar-refractivity contribution is -0.131. The number of anilines is 1. The van der Waals surface area contributed by atoms with Gasteiger partial charge in [-0.15, -0.1) is 0 Å². The molecule has 3 aliphatic heterocycles. The van der Waals surface area contributed by atoms with Gasteiger partial charge in [0.2, 0.25) is 17.8 Å². The molecule has 4 heterocycles. The van der Waals surface area contributed by atoms with Crippen molar-refractivity contribution >= 4 is 35.3 Å². The van der Waals surface area contributed by atoms with Gasteiger partial charge in [-0.2, -0.15) is 0 Å². The van der Waals surface area contributed by atoms with Crippen LogP contribution in [0.5, 0.6) is 0 Å². The van der Waals surface area contributed by atoms with Crippen LogP contribution in [0.2, 0.25) is 5.02 Å². The summed E-state index contributed by atoms with van der Waals surface area (Å²) < 4.78 is 5.42. The molecule has 0 aliphatic carbocycles. The largest absolute Gasteiger partial charge is 0.381 e. The lowest BCUT2D eigenvalue weighted by atomic mass is 9.81. The molecule has 0 radical (unpaired) electrons. The number of primary amides is 1. The van der Waals surface area contributed by atoms with Gasteiger partial charge in [-0.25, -0.2) is 9.97 Å². The number of fused-ring (bicyclic) bond motifs is 1. The number of likely N-dealkylation sites (tertiary alicyclic amines) is 1. The molecule has 3 N–H and O–H groups in total. The molecule has 1 aromatic carbocycles. The Kier molecular flexibility index (Phi) is 8.04. The van der Waals surface area contributed by atoms with Crippen LogP contribution in [0.4, 0.5) is 5.95 Å². The van der Waals surface area contributed by atoms with Gasteiger partial charge >= 0.3 is 0 Å². The quantitative estimate of drug-likeness (QED) is 0.537. The highest BCUT2D eigenvalue weighted by atomic mass is 35.5. The van der Waals surface area contributed by atoms with Crippen molar-refractivity contribution in [2.24, 2.45) is 17.6 Å². The first-order valence-electron chi connectivity index (χ1n) is 13.6. The van der Waals surface area contributed by atoms with Crippen molar-refractivity contribution in [3.63, 3.8) is 0 Å². The molecule has 3 atom stereocenters. The Hall–Kier alpha value is -3.24. The summed E-state index contributed by atoms with van der Waals surface area (Å²) in [6.45, 7) is 6.49. The second kappa shape index (κ2) is 11.5. The maximum absolute atomic E-state index is 13.7. The molecule has 0 bridgehead atoms. The number of nitrogens with one attached hydrogen (secondary N) is 1. The number of amides is 3. The summed E-state index contributed by atoms with van der Waals surface area (Å²) in [6, 6.07) is 5.00. The summed E-state index contributed by atoms with van der Waals surface area (Å²) >= 11 is 6.49. The minimum atomic E-state index is -0.775. The van der Waals surface area contributed by atoms with E-state index in [1.807, 2.05) is 24.0 Å². The van der Waals surface area contributed by atoms with Gasteiger partial charge in [0.1, 0.15) is 6.04 Å². The van der Waals surface area contributed by atoms with Crippen LogP contribution in [-0.2, 0) is 20.9 Å². The number of rotatable bonds is 7. The van der Waals surface area contributed by atoms with E-state index in [-0.39, 0.29) is 29.7 Å². The zero-order chi connectivity index (χ0) is 27.7. The first-order valence-corrected chi connectivity index (χ1v) is 14.0. The van der Waals surface area contributed by atoms with E-state index >= 15 is 0 Å². The van der Waals surface area contributed by atoms with Gasteiger partial charge < -0.3 is 25.6 Å². The maximum atomic E-state index is 13.7.